The summed E-state index contributed by atoms with van der Waals surface area (Å²) >= 11 is 0. The molecule has 1 heterocycles. The molecule has 1 aliphatic heterocycles. The molecule has 0 radical (unpaired) electrons. The highest BCUT2D eigenvalue weighted by atomic mass is 16.5. The third-order valence-electron chi connectivity index (χ3n) is 2.96. The molecule has 0 aromatic rings. The number of hydrogen-bond donors (Lipinski definition) is 1. The Morgan fingerprint density at radius 3 is 2.65 bits per heavy atom. The van der Waals surface area contributed by atoms with Crippen LogP contribution in [-0.2, 0) is 14.3 Å². The van der Waals surface area contributed by atoms with Gasteiger partial charge >= 0.3 is 5.97 Å². The van der Waals surface area contributed by atoms with Gasteiger partial charge in [0.25, 0.3) is 0 Å². The molecule has 0 saturated heterocycles. The predicted molar refractivity (Wildman–Crippen MR) is 76.8 cm³/mol. The van der Waals surface area contributed by atoms with Gasteiger partial charge in [0.2, 0.25) is 0 Å². The number of allylic oxidation sites excluding steroid dienone is 1. The summed E-state index contributed by atoms with van der Waals surface area (Å²) < 4.78 is 5.34. The standard InChI is InChI=1S/C15H23NO4/c1-5-6-10(7-11(17)8-15(2,3)4)13-16-12(9-20-13)14(18)19/h5,10,12H,1,6-9H2,2-4H3,(H,18,19)/t10-,12+/m1/s1. The predicted octanol–water partition coefficient (Wildman–Crippen LogP) is 2.46. The molecule has 1 rings (SSSR count). The van der Waals surface area contributed by atoms with Crippen LogP contribution in [0.3, 0.4) is 0 Å². The molecule has 20 heavy (non-hydrogen) atoms. The van der Waals surface area contributed by atoms with Crippen LogP contribution in [0.1, 0.15) is 40.0 Å². The van der Waals surface area contributed by atoms with Crippen LogP contribution >= 0.6 is 0 Å². The summed E-state index contributed by atoms with van der Waals surface area (Å²) in [5.41, 5.74) is -0.0578. The Morgan fingerprint density at radius 1 is 1.55 bits per heavy atom. The first-order valence-electron chi connectivity index (χ1n) is 6.79. The fourth-order valence-corrected chi connectivity index (χ4v) is 2.15. The SMILES string of the molecule is C=CC[C@H](CC(=O)CC(C)(C)C)C1=N[C@H](C(=O)O)CO1. The van der Waals surface area contributed by atoms with Gasteiger partial charge in [-0.1, -0.05) is 26.8 Å². The monoisotopic (exact) mass is 281 g/mol. The molecular weight excluding hydrogens is 258 g/mol. The van der Waals surface area contributed by atoms with Gasteiger partial charge in [-0.15, -0.1) is 6.58 Å². The molecule has 0 unspecified atom stereocenters. The van der Waals surface area contributed by atoms with Crippen molar-refractivity contribution in [2.24, 2.45) is 16.3 Å². The summed E-state index contributed by atoms with van der Waals surface area (Å²) in [6.45, 7) is 9.75. The van der Waals surface area contributed by atoms with Gasteiger partial charge in [-0.25, -0.2) is 9.79 Å². The maximum Gasteiger partial charge on any atom is 0.332 e. The summed E-state index contributed by atoms with van der Waals surface area (Å²) in [5.74, 6) is -0.695. The van der Waals surface area contributed by atoms with E-state index in [1.165, 1.54) is 0 Å². The van der Waals surface area contributed by atoms with Crippen molar-refractivity contribution in [2.75, 3.05) is 6.61 Å². The van der Waals surface area contributed by atoms with Crippen molar-refractivity contribution in [3.63, 3.8) is 0 Å². The highest BCUT2D eigenvalue weighted by molar-refractivity contribution is 5.90. The van der Waals surface area contributed by atoms with Gasteiger partial charge in [0.1, 0.15) is 12.4 Å². The van der Waals surface area contributed by atoms with E-state index in [1.54, 1.807) is 6.08 Å². The fraction of sp³-hybridized carbons (Fsp3) is 0.667. The van der Waals surface area contributed by atoms with Gasteiger partial charge in [0.15, 0.2) is 11.9 Å². The average molecular weight is 281 g/mol. The Hall–Kier alpha value is -1.65. The van der Waals surface area contributed by atoms with Crippen LogP contribution in [0.5, 0.6) is 0 Å². The molecule has 0 bridgehead atoms. The molecule has 5 heteroatoms. The molecule has 0 aromatic carbocycles. The second-order valence-corrected chi connectivity index (χ2v) is 6.33. The Balaban J connectivity index is 2.70. The van der Waals surface area contributed by atoms with Crippen molar-refractivity contribution < 1.29 is 19.4 Å². The zero-order valence-corrected chi connectivity index (χ0v) is 12.4. The zero-order chi connectivity index (χ0) is 15.3. The highest BCUT2D eigenvalue weighted by Gasteiger charge is 2.31. The highest BCUT2D eigenvalue weighted by Crippen LogP contribution is 2.24. The second kappa shape index (κ2) is 6.68. The molecule has 0 aliphatic carbocycles. The van der Waals surface area contributed by atoms with Gasteiger partial charge in [0, 0.05) is 18.8 Å². The number of rotatable bonds is 7. The van der Waals surface area contributed by atoms with Gasteiger partial charge in [-0.3, -0.25) is 4.79 Å². The molecule has 0 fully saturated rings. The lowest BCUT2D eigenvalue weighted by Crippen LogP contribution is -2.21. The maximum absolute atomic E-state index is 12.1. The van der Waals surface area contributed by atoms with E-state index in [9.17, 15) is 9.59 Å². The van der Waals surface area contributed by atoms with Crippen LogP contribution in [0.15, 0.2) is 17.6 Å². The number of carboxylic acids is 1. The van der Waals surface area contributed by atoms with Crippen molar-refractivity contribution in [1.82, 2.24) is 0 Å². The van der Waals surface area contributed by atoms with Crippen LogP contribution in [0.2, 0.25) is 0 Å². The smallest absolute Gasteiger partial charge is 0.332 e. The largest absolute Gasteiger partial charge is 0.480 e. The van der Waals surface area contributed by atoms with Crippen LogP contribution in [0.4, 0.5) is 0 Å². The van der Waals surface area contributed by atoms with E-state index < -0.39 is 12.0 Å². The van der Waals surface area contributed by atoms with Crippen LogP contribution in [-0.4, -0.2) is 35.4 Å². The number of aliphatic imine (C=N–C) groups is 1. The molecule has 2 atom stereocenters. The molecule has 0 aromatic heterocycles. The lowest BCUT2D eigenvalue weighted by molar-refractivity contribution is -0.138. The number of Topliss-reactive ketones (excluding diaryl/α,β-unsaturated/α-hetero) is 1. The molecule has 0 saturated carbocycles. The summed E-state index contributed by atoms with van der Waals surface area (Å²) in [7, 11) is 0. The molecule has 5 nitrogen and oxygen atoms in total. The van der Waals surface area contributed by atoms with Gasteiger partial charge in [-0.05, 0) is 11.8 Å². The number of hydrogen-bond acceptors (Lipinski definition) is 4. The third kappa shape index (κ3) is 5.15. The van der Waals surface area contributed by atoms with Crippen molar-refractivity contribution in [2.45, 2.75) is 46.1 Å². The lowest BCUT2D eigenvalue weighted by atomic mass is 9.86. The average Bonchev–Trinajstić information content (AvgIpc) is 2.74. The number of carbonyl (C=O) groups is 2. The van der Waals surface area contributed by atoms with Crippen LogP contribution in [0, 0.1) is 11.3 Å². The van der Waals surface area contributed by atoms with E-state index in [-0.39, 0.29) is 23.7 Å². The first-order valence-corrected chi connectivity index (χ1v) is 6.79. The molecule has 0 spiro atoms. The first-order chi connectivity index (χ1) is 9.23. The molecule has 112 valence electrons. The molecule has 1 aliphatic rings. The maximum atomic E-state index is 12.1. The fourth-order valence-electron chi connectivity index (χ4n) is 2.15. The Labute approximate surface area is 119 Å². The number of nitrogens with zero attached hydrogens (tertiary/aromatic N) is 1. The summed E-state index contributed by atoms with van der Waals surface area (Å²) in [6, 6.07) is -0.852. The van der Waals surface area contributed by atoms with E-state index in [0.29, 0.717) is 25.2 Å². The first kappa shape index (κ1) is 16.4. The van der Waals surface area contributed by atoms with Gasteiger partial charge < -0.3 is 9.84 Å². The number of ketones is 1. The van der Waals surface area contributed by atoms with Crippen molar-refractivity contribution in [3.8, 4) is 0 Å². The van der Waals surface area contributed by atoms with E-state index >= 15 is 0 Å². The van der Waals surface area contributed by atoms with E-state index in [4.69, 9.17) is 9.84 Å². The number of carbonyl (C=O) groups excluding carboxylic acids is 1. The third-order valence-corrected chi connectivity index (χ3v) is 2.96. The molecule has 0 amide bonds. The number of carboxylic acid groups (broad SMARTS) is 1. The van der Waals surface area contributed by atoms with E-state index in [0.717, 1.165) is 0 Å². The normalized spacial score (nSPS) is 19.9. The summed E-state index contributed by atoms with van der Waals surface area (Å²) in [6.07, 6.45) is 3.06. The van der Waals surface area contributed by atoms with Gasteiger partial charge in [0.05, 0.1) is 0 Å². The van der Waals surface area contributed by atoms with Crippen molar-refractivity contribution >= 4 is 17.7 Å². The van der Waals surface area contributed by atoms with Crippen LogP contribution < -0.4 is 0 Å². The Kier molecular flexibility index (Phi) is 5.48. The minimum Gasteiger partial charge on any atom is -0.480 e. The Morgan fingerprint density at radius 2 is 2.20 bits per heavy atom. The number of aliphatic carboxylic acids is 1. The second-order valence-electron chi connectivity index (χ2n) is 6.33. The minimum absolute atomic E-state index is 0.0474. The molecular formula is C15H23NO4. The topological polar surface area (TPSA) is 76.0 Å². The quantitative estimate of drug-likeness (QED) is 0.727. The zero-order valence-electron chi connectivity index (χ0n) is 12.4. The van der Waals surface area contributed by atoms with Crippen molar-refractivity contribution in [1.29, 1.82) is 0 Å². The van der Waals surface area contributed by atoms with Crippen LogP contribution in [0.25, 0.3) is 0 Å². The minimum atomic E-state index is -1.00. The van der Waals surface area contributed by atoms with E-state index in [2.05, 4.69) is 11.6 Å². The molecule has 1 N–H and O–H groups in total. The summed E-state index contributed by atoms with van der Waals surface area (Å²) in [4.78, 5) is 27.0. The lowest BCUT2D eigenvalue weighted by Gasteiger charge is -2.19. The number of ether oxygens (including phenoxy) is 1. The summed E-state index contributed by atoms with van der Waals surface area (Å²) in [5, 5.41) is 8.90. The van der Waals surface area contributed by atoms with Crippen molar-refractivity contribution in [3.05, 3.63) is 12.7 Å². The van der Waals surface area contributed by atoms with E-state index in [1.807, 2.05) is 20.8 Å². The Bertz CT molecular complexity index is 420. The van der Waals surface area contributed by atoms with Gasteiger partial charge in [-0.2, -0.15) is 0 Å².